The summed E-state index contributed by atoms with van der Waals surface area (Å²) >= 11 is 0. The zero-order chi connectivity index (χ0) is 25.0. The molecule has 1 amide bonds. The first-order valence-electron chi connectivity index (χ1n) is 10.4. The summed E-state index contributed by atoms with van der Waals surface area (Å²) in [5.41, 5.74) is 0.956. The Hall–Kier alpha value is -4.02. The number of rotatable bonds is 3. The molecule has 5 nitrogen and oxygen atoms in total. The van der Waals surface area contributed by atoms with E-state index in [-0.39, 0.29) is 28.4 Å². The molecule has 1 aliphatic rings. The Morgan fingerprint density at radius 3 is 2.26 bits per heavy atom. The van der Waals surface area contributed by atoms with E-state index in [0.717, 1.165) is 17.7 Å². The number of benzene rings is 3. The molecular formula is C24H15F6N3O2. The number of carbonyl (C=O) groups is 1. The zero-order valence-electron chi connectivity index (χ0n) is 17.7. The Labute approximate surface area is 194 Å². The van der Waals surface area contributed by atoms with Crippen molar-refractivity contribution in [2.75, 3.05) is 11.4 Å². The second kappa shape index (κ2) is 8.03. The lowest BCUT2D eigenvalue weighted by atomic mass is 9.98. The topological polar surface area (TPSA) is 58.2 Å². The van der Waals surface area contributed by atoms with E-state index in [1.165, 1.54) is 41.3 Å². The number of nitrogens with one attached hydrogen (secondary N) is 1. The molecule has 0 saturated heterocycles. The molecule has 35 heavy (non-hydrogen) atoms. The molecule has 0 saturated carbocycles. The molecule has 1 aliphatic heterocycles. The number of hydrogen-bond donors (Lipinski definition) is 1. The van der Waals surface area contributed by atoms with E-state index in [1.807, 2.05) is 0 Å². The minimum Gasteiger partial charge on any atom is -0.457 e. The normalized spacial score (nSPS) is 14.3. The highest BCUT2D eigenvalue weighted by molar-refractivity contribution is 6.09. The third-order valence-corrected chi connectivity index (χ3v) is 5.62. The molecule has 2 heterocycles. The predicted octanol–water partition coefficient (Wildman–Crippen LogP) is 6.60. The van der Waals surface area contributed by atoms with Gasteiger partial charge in [0.1, 0.15) is 11.5 Å². The molecule has 11 heteroatoms. The molecule has 180 valence electrons. The monoisotopic (exact) mass is 491 g/mol. The van der Waals surface area contributed by atoms with Gasteiger partial charge in [-0.3, -0.25) is 4.79 Å². The quantitative estimate of drug-likeness (QED) is 0.329. The van der Waals surface area contributed by atoms with Gasteiger partial charge in [-0.1, -0.05) is 6.07 Å². The molecule has 4 aromatic rings. The number of aromatic amines is 1. The summed E-state index contributed by atoms with van der Waals surface area (Å²) in [6.45, 7) is 0.316. The van der Waals surface area contributed by atoms with Gasteiger partial charge in [-0.05, 0) is 66.6 Å². The SMILES string of the molecule is O=C1c2cc(Oc3ccc(C(F)(F)F)cc3)ccc2CCN1c1ccc2nc(C(F)(F)F)[nH]c2c1. The minimum absolute atomic E-state index is 0.123. The van der Waals surface area contributed by atoms with E-state index in [4.69, 9.17) is 4.74 Å². The van der Waals surface area contributed by atoms with Crippen LogP contribution in [-0.2, 0) is 18.8 Å². The van der Waals surface area contributed by atoms with Crippen LogP contribution in [0.15, 0.2) is 60.7 Å². The summed E-state index contributed by atoms with van der Waals surface area (Å²) in [6, 6.07) is 13.4. The Kier molecular flexibility index (Phi) is 5.22. The molecule has 3 aromatic carbocycles. The van der Waals surface area contributed by atoms with Gasteiger partial charge in [0.15, 0.2) is 0 Å². The summed E-state index contributed by atoms with van der Waals surface area (Å²) in [5.74, 6) is -1.06. The molecule has 0 bridgehead atoms. The van der Waals surface area contributed by atoms with Crippen molar-refractivity contribution in [2.24, 2.45) is 0 Å². The third kappa shape index (κ3) is 4.41. The van der Waals surface area contributed by atoms with Crippen molar-refractivity contribution in [3.8, 4) is 11.5 Å². The van der Waals surface area contributed by atoms with Gasteiger partial charge < -0.3 is 14.6 Å². The van der Waals surface area contributed by atoms with Gasteiger partial charge in [-0.2, -0.15) is 26.3 Å². The molecule has 0 atom stereocenters. The Balaban J connectivity index is 1.40. The Morgan fingerprint density at radius 1 is 0.857 bits per heavy atom. The van der Waals surface area contributed by atoms with Gasteiger partial charge >= 0.3 is 12.4 Å². The fraction of sp³-hybridized carbons (Fsp3) is 0.167. The average Bonchev–Trinajstić information content (AvgIpc) is 3.24. The number of carbonyl (C=O) groups excluding carboxylic acids is 1. The van der Waals surface area contributed by atoms with Crippen LogP contribution in [0.1, 0.15) is 27.3 Å². The minimum atomic E-state index is -4.62. The fourth-order valence-corrected chi connectivity index (χ4v) is 3.91. The van der Waals surface area contributed by atoms with Crippen LogP contribution in [0.25, 0.3) is 11.0 Å². The van der Waals surface area contributed by atoms with Crippen LogP contribution in [0.4, 0.5) is 32.0 Å². The van der Waals surface area contributed by atoms with E-state index in [9.17, 15) is 31.1 Å². The Morgan fingerprint density at radius 2 is 1.57 bits per heavy atom. The van der Waals surface area contributed by atoms with Crippen molar-refractivity contribution < 1.29 is 35.9 Å². The van der Waals surface area contributed by atoms with Crippen molar-refractivity contribution in [1.82, 2.24) is 9.97 Å². The lowest BCUT2D eigenvalue weighted by molar-refractivity contribution is -0.144. The molecule has 1 aromatic heterocycles. The molecule has 0 aliphatic carbocycles. The molecule has 0 spiro atoms. The summed E-state index contributed by atoms with van der Waals surface area (Å²) in [4.78, 5) is 20.4. The highest BCUT2D eigenvalue weighted by atomic mass is 19.4. The second-order valence-electron chi connectivity index (χ2n) is 7.93. The molecule has 0 radical (unpaired) electrons. The number of hydrogen-bond acceptors (Lipinski definition) is 3. The first-order valence-corrected chi connectivity index (χ1v) is 10.4. The Bertz CT molecular complexity index is 1420. The lowest BCUT2D eigenvalue weighted by Crippen LogP contribution is -2.37. The van der Waals surface area contributed by atoms with Crippen molar-refractivity contribution in [2.45, 2.75) is 18.8 Å². The molecule has 1 N–H and O–H groups in total. The number of amides is 1. The number of fused-ring (bicyclic) bond motifs is 2. The molecule has 0 fully saturated rings. The van der Waals surface area contributed by atoms with Gasteiger partial charge in [0, 0.05) is 17.8 Å². The number of nitrogens with zero attached hydrogens (tertiary/aromatic N) is 2. The smallest absolute Gasteiger partial charge is 0.449 e. The van der Waals surface area contributed by atoms with Gasteiger partial charge in [-0.15, -0.1) is 0 Å². The van der Waals surface area contributed by atoms with Gasteiger partial charge in [0.25, 0.3) is 5.91 Å². The van der Waals surface area contributed by atoms with Gasteiger partial charge in [-0.25, -0.2) is 4.98 Å². The third-order valence-electron chi connectivity index (χ3n) is 5.62. The van der Waals surface area contributed by atoms with Crippen molar-refractivity contribution >= 4 is 22.6 Å². The van der Waals surface area contributed by atoms with Crippen LogP contribution in [0.3, 0.4) is 0 Å². The predicted molar refractivity (Wildman–Crippen MR) is 114 cm³/mol. The maximum Gasteiger partial charge on any atom is 0.449 e. The highest BCUT2D eigenvalue weighted by Crippen LogP contribution is 2.34. The van der Waals surface area contributed by atoms with Crippen molar-refractivity contribution in [3.63, 3.8) is 0 Å². The zero-order valence-corrected chi connectivity index (χ0v) is 17.7. The van der Waals surface area contributed by atoms with Crippen molar-refractivity contribution in [1.29, 1.82) is 0 Å². The maximum atomic E-state index is 13.2. The van der Waals surface area contributed by atoms with Gasteiger partial charge in [0.05, 0.1) is 16.6 Å². The van der Waals surface area contributed by atoms with Crippen LogP contribution in [0, 0.1) is 0 Å². The fourth-order valence-electron chi connectivity index (χ4n) is 3.91. The first-order chi connectivity index (χ1) is 16.5. The largest absolute Gasteiger partial charge is 0.457 e. The summed E-state index contributed by atoms with van der Waals surface area (Å²) < 4.78 is 82.8. The molecular weight excluding hydrogens is 476 g/mol. The standard InChI is InChI=1S/C24H15F6N3O2/c25-23(26,27)14-2-6-16(7-3-14)35-17-5-1-13-9-10-33(21(34)18(13)12-17)15-4-8-19-20(11-15)32-22(31-19)24(28,29)30/h1-8,11-12H,9-10H2,(H,31,32). The summed E-state index contributed by atoms with van der Waals surface area (Å²) in [6.07, 6.45) is -8.59. The maximum absolute atomic E-state index is 13.2. The number of aromatic nitrogens is 2. The number of H-pyrrole nitrogens is 1. The highest BCUT2D eigenvalue weighted by Gasteiger charge is 2.35. The van der Waals surface area contributed by atoms with E-state index in [1.54, 1.807) is 12.1 Å². The average molecular weight is 491 g/mol. The van der Waals surface area contributed by atoms with Crippen LogP contribution < -0.4 is 9.64 Å². The van der Waals surface area contributed by atoms with Crippen LogP contribution in [0.5, 0.6) is 11.5 Å². The van der Waals surface area contributed by atoms with E-state index < -0.39 is 23.7 Å². The summed E-state index contributed by atoms with van der Waals surface area (Å²) in [5, 5.41) is 0. The number of imidazole rings is 1. The van der Waals surface area contributed by atoms with Crippen LogP contribution in [0.2, 0.25) is 0 Å². The number of ether oxygens (including phenoxy) is 1. The lowest BCUT2D eigenvalue weighted by Gasteiger charge is -2.29. The number of halogens is 6. The number of alkyl halides is 6. The van der Waals surface area contributed by atoms with Crippen LogP contribution in [-0.4, -0.2) is 22.4 Å². The van der Waals surface area contributed by atoms with Crippen LogP contribution >= 0.6 is 0 Å². The number of anilines is 1. The van der Waals surface area contributed by atoms with Gasteiger partial charge in [0.2, 0.25) is 5.82 Å². The van der Waals surface area contributed by atoms with Crippen molar-refractivity contribution in [3.05, 3.63) is 83.2 Å². The summed E-state index contributed by atoms with van der Waals surface area (Å²) in [7, 11) is 0. The first kappa shape index (κ1) is 22.8. The molecule has 0 unspecified atom stereocenters. The van der Waals surface area contributed by atoms with E-state index in [2.05, 4.69) is 9.97 Å². The second-order valence-corrected chi connectivity index (χ2v) is 7.93. The molecule has 5 rings (SSSR count). The van der Waals surface area contributed by atoms with E-state index in [0.29, 0.717) is 24.2 Å². The van der Waals surface area contributed by atoms with E-state index >= 15 is 0 Å².